The summed E-state index contributed by atoms with van der Waals surface area (Å²) in [6.07, 6.45) is 0.122. The average Bonchev–Trinajstić information content (AvgIpc) is 2.86. The first kappa shape index (κ1) is 23.0. The molecule has 1 aliphatic heterocycles. The fraction of sp³-hybridized carbons (Fsp3) is 0.231. The molecule has 1 aliphatic rings. The number of ether oxygens (including phenoxy) is 4. The van der Waals surface area contributed by atoms with E-state index in [4.69, 9.17) is 18.9 Å². The molecule has 3 aromatic carbocycles. The zero-order valence-corrected chi connectivity index (χ0v) is 19.3. The lowest BCUT2D eigenvalue weighted by molar-refractivity contribution is -0.118. The van der Waals surface area contributed by atoms with Crippen LogP contribution >= 0.6 is 0 Å². The van der Waals surface area contributed by atoms with Crippen LogP contribution in [0.1, 0.15) is 33.1 Å². The van der Waals surface area contributed by atoms with Gasteiger partial charge in [-0.15, -0.1) is 0 Å². The summed E-state index contributed by atoms with van der Waals surface area (Å²) in [7, 11) is 6.20. The SMILES string of the molecule is COc1ccc(C2c3cc(OC)c(OC)cc3CC(=O)N2c2cccc(C(=O)O)c2)cc1OC. The standard InChI is InChI=1S/C26H25NO7/c1-31-20-9-8-15(11-21(20)32-2)25-19-14-23(34-4)22(33-3)12-17(19)13-24(28)27(25)18-7-5-6-16(10-18)26(29)30/h5-12,14,25H,13H2,1-4H3,(H,29,30). The molecule has 1 heterocycles. The van der Waals surface area contributed by atoms with E-state index in [0.29, 0.717) is 28.7 Å². The van der Waals surface area contributed by atoms with Crippen LogP contribution in [0.25, 0.3) is 0 Å². The largest absolute Gasteiger partial charge is 0.493 e. The fourth-order valence-electron chi connectivity index (χ4n) is 4.31. The number of carbonyl (C=O) groups excluding carboxylic acids is 1. The number of hydrogen-bond donors (Lipinski definition) is 1. The minimum absolute atomic E-state index is 0.0921. The number of carbonyl (C=O) groups is 2. The molecule has 1 unspecified atom stereocenters. The van der Waals surface area contributed by atoms with Crippen LogP contribution in [0.5, 0.6) is 23.0 Å². The third-order valence-corrected chi connectivity index (χ3v) is 5.90. The molecule has 4 rings (SSSR count). The third-order valence-electron chi connectivity index (χ3n) is 5.90. The first-order valence-corrected chi connectivity index (χ1v) is 10.5. The van der Waals surface area contributed by atoms with Gasteiger partial charge in [0.15, 0.2) is 23.0 Å². The molecule has 0 bridgehead atoms. The minimum Gasteiger partial charge on any atom is -0.493 e. The van der Waals surface area contributed by atoms with Crippen LogP contribution in [0.3, 0.4) is 0 Å². The molecule has 1 N–H and O–H groups in total. The number of hydrogen-bond acceptors (Lipinski definition) is 6. The van der Waals surface area contributed by atoms with Crippen LogP contribution in [-0.2, 0) is 11.2 Å². The molecule has 0 aliphatic carbocycles. The Morgan fingerprint density at radius 2 is 1.50 bits per heavy atom. The van der Waals surface area contributed by atoms with Gasteiger partial charge in [-0.1, -0.05) is 12.1 Å². The summed E-state index contributed by atoms with van der Waals surface area (Å²) >= 11 is 0. The van der Waals surface area contributed by atoms with Crippen LogP contribution in [0, 0.1) is 0 Å². The van der Waals surface area contributed by atoms with Crippen molar-refractivity contribution in [3.63, 3.8) is 0 Å². The number of amides is 1. The highest BCUT2D eigenvalue weighted by molar-refractivity contribution is 6.00. The van der Waals surface area contributed by atoms with Crippen LogP contribution < -0.4 is 23.8 Å². The quantitative estimate of drug-likeness (QED) is 0.564. The zero-order valence-electron chi connectivity index (χ0n) is 19.3. The average molecular weight is 463 g/mol. The summed E-state index contributed by atoms with van der Waals surface area (Å²) in [5, 5.41) is 9.50. The number of nitrogens with zero attached hydrogens (tertiary/aromatic N) is 1. The van der Waals surface area contributed by atoms with E-state index in [1.807, 2.05) is 24.3 Å². The van der Waals surface area contributed by atoms with Gasteiger partial charge in [-0.3, -0.25) is 4.79 Å². The van der Waals surface area contributed by atoms with Gasteiger partial charge in [0.1, 0.15) is 0 Å². The highest BCUT2D eigenvalue weighted by Crippen LogP contribution is 2.44. The number of benzene rings is 3. The monoisotopic (exact) mass is 463 g/mol. The highest BCUT2D eigenvalue weighted by atomic mass is 16.5. The Bertz CT molecular complexity index is 1250. The van der Waals surface area contributed by atoms with Gasteiger partial charge in [0.25, 0.3) is 0 Å². The van der Waals surface area contributed by atoms with E-state index in [-0.39, 0.29) is 17.9 Å². The molecule has 0 saturated heterocycles. The topological polar surface area (TPSA) is 94.5 Å². The number of carboxylic acids is 1. The summed E-state index contributed by atoms with van der Waals surface area (Å²) in [5.74, 6) is 0.879. The first-order chi connectivity index (χ1) is 16.4. The Kier molecular flexibility index (Phi) is 6.32. The van der Waals surface area contributed by atoms with Gasteiger partial charge in [-0.25, -0.2) is 4.79 Å². The van der Waals surface area contributed by atoms with Gasteiger partial charge < -0.3 is 29.0 Å². The van der Waals surface area contributed by atoms with Crippen molar-refractivity contribution in [2.75, 3.05) is 33.3 Å². The van der Waals surface area contributed by atoms with Crippen molar-refractivity contribution in [2.24, 2.45) is 0 Å². The van der Waals surface area contributed by atoms with Gasteiger partial charge in [-0.2, -0.15) is 0 Å². The van der Waals surface area contributed by atoms with E-state index in [1.165, 1.54) is 12.1 Å². The van der Waals surface area contributed by atoms with Crippen molar-refractivity contribution < 1.29 is 33.6 Å². The van der Waals surface area contributed by atoms with E-state index in [2.05, 4.69) is 0 Å². The summed E-state index contributed by atoms with van der Waals surface area (Å²) in [6.45, 7) is 0. The van der Waals surface area contributed by atoms with E-state index in [0.717, 1.165) is 16.7 Å². The molecule has 0 saturated carbocycles. The second-order valence-corrected chi connectivity index (χ2v) is 7.72. The summed E-state index contributed by atoms with van der Waals surface area (Å²) in [6, 6.07) is 14.9. The molecule has 0 spiro atoms. The van der Waals surface area contributed by atoms with E-state index in [9.17, 15) is 14.7 Å². The molecule has 8 nitrogen and oxygen atoms in total. The van der Waals surface area contributed by atoms with Crippen LogP contribution in [0.4, 0.5) is 5.69 Å². The van der Waals surface area contributed by atoms with Gasteiger partial charge in [-0.05, 0) is 59.2 Å². The Morgan fingerprint density at radius 1 is 0.853 bits per heavy atom. The lowest BCUT2D eigenvalue weighted by atomic mass is 9.86. The van der Waals surface area contributed by atoms with Crippen molar-refractivity contribution in [3.05, 3.63) is 76.9 Å². The normalized spacial score (nSPS) is 14.9. The van der Waals surface area contributed by atoms with E-state index >= 15 is 0 Å². The van der Waals surface area contributed by atoms with Crippen molar-refractivity contribution in [1.82, 2.24) is 0 Å². The fourth-order valence-corrected chi connectivity index (χ4v) is 4.31. The Hall–Kier alpha value is -4.20. The maximum absolute atomic E-state index is 13.5. The first-order valence-electron chi connectivity index (χ1n) is 10.5. The lowest BCUT2D eigenvalue weighted by Crippen LogP contribution is -2.41. The van der Waals surface area contributed by atoms with Crippen molar-refractivity contribution >= 4 is 17.6 Å². The van der Waals surface area contributed by atoms with Gasteiger partial charge in [0, 0.05) is 5.69 Å². The molecule has 176 valence electrons. The molecule has 0 radical (unpaired) electrons. The highest BCUT2D eigenvalue weighted by Gasteiger charge is 2.36. The Morgan fingerprint density at radius 3 is 2.15 bits per heavy atom. The molecular weight excluding hydrogens is 438 g/mol. The second kappa shape index (κ2) is 9.35. The Balaban J connectivity index is 1.97. The number of anilines is 1. The third kappa shape index (κ3) is 3.98. The predicted octanol–water partition coefficient (Wildman–Crippen LogP) is 4.10. The number of carboxylic acid groups (broad SMARTS) is 1. The van der Waals surface area contributed by atoms with Crippen LogP contribution in [0.15, 0.2) is 54.6 Å². The smallest absolute Gasteiger partial charge is 0.335 e. The van der Waals surface area contributed by atoms with Crippen molar-refractivity contribution in [2.45, 2.75) is 12.5 Å². The number of methoxy groups -OCH3 is 4. The van der Waals surface area contributed by atoms with E-state index in [1.54, 1.807) is 51.5 Å². The zero-order chi connectivity index (χ0) is 24.4. The summed E-state index contributed by atoms with van der Waals surface area (Å²) in [4.78, 5) is 26.7. The Labute approximate surface area is 197 Å². The van der Waals surface area contributed by atoms with Crippen molar-refractivity contribution in [3.8, 4) is 23.0 Å². The van der Waals surface area contributed by atoms with Gasteiger partial charge >= 0.3 is 5.97 Å². The molecule has 1 atom stereocenters. The molecule has 34 heavy (non-hydrogen) atoms. The van der Waals surface area contributed by atoms with Gasteiger partial charge in [0.05, 0.1) is 46.5 Å². The number of aromatic carboxylic acids is 1. The van der Waals surface area contributed by atoms with Gasteiger partial charge in [0.2, 0.25) is 5.91 Å². The maximum Gasteiger partial charge on any atom is 0.335 e. The molecule has 0 aromatic heterocycles. The molecular formula is C26H25NO7. The second-order valence-electron chi connectivity index (χ2n) is 7.72. The minimum atomic E-state index is -1.07. The van der Waals surface area contributed by atoms with Crippen molar-refractivity contribution in [1.29, 1.82) is 0 Å². The maximum atomic E-state index is 13.5. The predicted molar refractivity (Wildman–Crippen MR) is 126 cm³/mol. The van der Waals surface area contributed by atoms with E-state index < -0.39 is 12.0 Å². The molecule has 1 amide bonds. The van der Waals surface area contributed by atoms with Crippen LogP contribution in [0.2, 0.25) is 0 Å². The number of fused-ring (bicyclic) bond motifs is 1. The summed E-state index contributed by atoms with van der Waals surface area (Å²) < 4.78 is 21.9. The molecule has 8 heteroatoms. The lowest BCUT2D eigenvalue weighted by Gasteiger charge is -2.38. The van der Waals surface area contributed by atoms with Crippen LogP contribution in [-0.4, -0.2) is 45.4 Å². The number of rotatable bonds is 7. The summed E-state index contributed by atoms with van der Waals surface area (Å²) in [5.41, 5.74) is 2.97. The molecule has 3 aromatic rings. The molecule has 0 fully saturated rings.